The van der Waals surface area contributed by atoms with Crippen molar-refractivity contribution in [3.63, 3.8) is 0 Å². The van der Waals surface area contributed by atoms with Gasteiger partial charge in [0.25, 0.3) is 10.1 Å². The Bertz CT molecular complexity index is 558. The van der Waals surface area contributed by atoms with E-state index >= 15 is 0 Å². The second-order valence-electron chi connectivity index (χ2n) is 5.26. The van der Waals surface area contributed by atoms with E-state index in [1.165, 1.54) is 0 Å². The van der Waals surface area contributed by atoms with E-state index in [1.54, 1.807) is 7.11 Å². The van der Waals surface area contributed by atoms with Gasteiger partial charge in [0.15, 0.2) is 0 Å². The lowest BCUT2D eigenvalue weighted by Crippen LogP contribution is -2.37. The van der Waals surface area contributed by atoms with Gasteiger partial charge >= 0.3 is 0 Å². The molecule has 0 heterocycles. The number of hydrogen-bond donors (Lipinski definition) is 1. The maximum atomic E-state index is 11.4. The molecule has 112 valence electrons. The monoisotopic (exact) mass is 299 g/mol. The highest BCUT2D eigenvalue weighted by molar-refractivity contribution is 7.86. The molecule has 2 rings (SSSR count). The smallest absolute Gasteiger partial charge is 0.264 e. The lowest BCUT2D eigenvalue weighted by atomic mass is 9.79. The fourth-order valence-corrected chi connectivity index (χ4v) is 3.49. The van der Waals surface area contributed by atoms with Crippen LogP contribution in [0.2, 0.25) is 0 Å². The molecule has 0 aromatic heterocycles. The highest BCUT2D eigenvalue weighted by Gasteiger charge is 2.34. The summed E-state index contributed by atoms with van der Waals surface area (Å²) in [5, 5.41) is 0. The summed E-state index contributed by atoms with van der Waals surface area (Å²) >= 11 is 0. The molecule has 1 aliphatic rings. The molecular formula is C14H21NO4S. The summed E-state index contributed by atoms with van der Waals surface area (Å²) in [7, 11) is -1.88. The summed E-state index contributed by atoms with van der Waals surface area (Å²) in [6, 6.07) is 7.67. The highest BCUT2D eigenvalue weighted by Crippen LogP contribution is 2.39. The summed E-state index contributed by atoms with van der Waals surface area (Å²) in [5.74, 6) is 0.679. The number of para-hydroxylation sites is 1. The summed E-state index contributed by atoms with van der Waals surface area (Å²) in [6.45, 7) is 0. The number of nitrogens with two attached hydrogens (primary N) is 1. The Morgan fingerprint density at radius 3 is 2.60 bits per heavy atom. The maximum Gasteiger partial charge on any atom is 0.264 e. The molecule has 3 atom stereocenters. The van der Waals surface area contributed by atoms with Crippen molar-refractivity contribution in [1.82, 2.24) is 0 Å². The fourth-order valence-electron chi connectivity index (χ4n) is 2.82. The largest absolute Gasteiger partial charge is 0.496 e. The van der Waals surface area contributed by atoms with Crippen LogP contribution in [0.25, 0.3) is 0 Å². The Hall–Kier alpha value is -1.11. The Labute approximate surface area is 120 Å². The van der Waals surface area contributed by atoms with E-state index < -0.39 is 10.1 Å². The first-order valence-corrected chi connectivity index (χ1v) is 8.49. The minimum atomic E-state index is -3.48. The van der Waals surface area contributed by atoms with Gasteiger partial charge in [0.2, 0.25) is 0 Å². The van der Waals surface area contributed by atoms with Crippen LogP contribution in [-0.2, 0) is 14.3 Å². The Kier molecular flexibility index (Phi) is 4.67. The molecule has 6 heteroatoms. The van der Waals surface area contributed by atoms with Crippen LogP contribution in [0.1, 0.15) is 30.7 Å². The molecule has 20 heavy (non-hydrogen) atoms. The van der Waals surface area contributed by atoms with Crippen molar-refractivity contribution in [2.24, 2.45) is 5.73 Å². The highest BCUT2D eigenvalue weighted by atomic mass is 32.2. The summed E-state index contributed by atoms with van der Waals surface area (Å²) in [6.07, 6.45) is 2.81. The van der Waals surface area contributed by atoms with Gasteiger partial charge in [-0.15, -0.1) is 0 Å². The third-order valence-corrected chi connectivity index (χ3v) is 4.26. The average Bonchev–Trinajstić information content (AvgIpc) is 2.39. The van der Waals surface area contributed by atoms with E-state index in [4.69, 9.17) is 14.7 Å². The van der Waals surface area contributed by atoms with Gasteiger partial charge in [-0.2, -0.15) is 8.42 Å². The van der Waals surface area contributed by atoms with Gasteiger partial charge in [-0.1, -0.05) is 18.2 Å². The molecule has 5 nitrogen and oxygen atoms in total. The van der Waals surface area contributed by atoms with E-state index in [9.17, 15) is 8.42 Å². The number of benzene rings is 1. The second kappa shape index (κ2) is 6.11. The molecule has 0 aliphatic heterocycles. The van der Waals surface area contributed by atoms with Gasteiger partial charge in [-0.05, 0) is 30.9 Å². The quantitative estimate of drug-likeness (QED) is 0.855. The molecule has 0 unspecified atom stereocenters. The molecule has 0 radical (unpaired) electrons. The molecule has 0 spiro atoms. The van der Waals surface area contributed by atoms with E-state index in [0.29, 0.717) is 12.8 Å². The number of ether oxygens (including phenoxy) is 1. The van der Waals surface area contributed by atoms with Crippen molar-refractivity contribution in [2.45, 2.75) is 37.3 Å². The molecule has 1 fully saturated rings. The minimum absolute atomic E-state index is 0.0596. The van der Waals surface area contributed by atoms with Crippen LogP contribution < -0.4 is 10.5 Å². The standard InChI is InChI=1S/C14H21NO4S/c1-18-13-6-4-3-5-11(13)12-9-10(15)7-8-14(12)19-20(2,16)17/h3-6,10,12,14H,7-9,15H2,1-2H3/t10-,12+,14-/m1/s1. The zero-order valence-corrected chi connectivity index (χ0v) is 12.6. The van der Waals surface area contributed by atoms with E-state index in [1.807, 2.05) is 24.3 Å². The summed E-state index contributed by atoms with van der Waals surface area (Å²) in [5.41, 5.74) is 6.99. The van der Waals surface area contributed by atoms with Crippen LogP contribution in [0.4, 0.5) is 0 Å². The van der Waals surface area contributed by atoms with Gasteiger partial charge in [-0.3, -0.25) is 4.18 Å². The average molecular weight is 299 g/mol. The fraction of sp³-hybridized carbons (Fsp3) is 0.571. The van der Waals surface area contributed by atoms with Crippen LogP contribution >= 0.6 is 0 Å². The first-order valence-electron chi connectivity index (χ1n) is 6.67. The van der Waals surface area contributed by atoms with E-state index in [2.05, 4.69) is 0 Å². The number of rotatable bonds is 4. The lowest BCUT2D eigenvalue weighted by Gasteiger charge is -2.34. The lowest BCUT2D eigenvalue weighted by molar-refractivity contribution is 0.128. The van der Waals surface area contributed by atoms with Gasteiger partial charge in [0.05, 0.1) is 19.5 Å². The number of methoxy groups -OCH3 is 1. The van der Waals surface area contributed by atoms with Crippen molar-refractivity contribution < 1.29 is 17.3 Å². The van der Waals surface area contributed by atoms with Crippen molar-refractivity contribution in [2.75, 3.05) is 13.4 Å². The molecule has 0 amide bonds. The third-order valence-electron chi connectivity index (χ3n) is 3.66. The van der Waals surface area contributed by atoms with E-state index in [0.717, 1.165) is 24.0 Å². The zero-order chi connectivity index (χ0) is 14.8. The van der Waals surface area contributed by atoms with Crippen LogP contribution in [0.15, 0.2) is 24.3 Å². The number of hydrogen-bond acceptors (Lipinski definition) is 5. The van der Waals surface area contributed by atoms with Gasteiger partial charge < -0.3 is 10.5 Å². The molecular weight excluding hydrogens is 278 g/mol. The van der Waals surface area contributed by atoms with Crippen molar-refractivity contribution in [1.29, 1.82) is 0 Å². The first kappa shape index (κ1) is 15.3. The topological polar surface area (TPSA) is 78.6 Å². The van der Waals surface area contributed by atoms with Gasteiger partial charge in [-0.25, -0.2) is 0 Å². The second-order valence-corrected chi connectivity index (χ2v) is 6.86. The van der Waals surface area contributed by atoms with Gasteiger partial charge in [0.1, 0.15) is 5.75 Å². The van der Waals surface area contributed by atoms with Crippen LogP contribution in [0, 0.1) is 0 Å². The Balaban J connectivity index is 2.32. The van der Waals surface area contributed by atoms with E-state index in [-0.39, 0.29) is 18.1 Å². The van der Waals surface area contributed by atoms with Gasteiger partial charge in [0, 0.05) is 12.0 Å². The first-order chi connectivity index (χ1) is 9.40. The van der Waals surface area contributed by atoms with Crippen LogP contribution in [-0.4, -0.2) is 33.9 Å². The molecule has 1 saturated carbocycles. The molecule has 1 aromatic carbocycles. The molecule has 0 bridgehead atoms. The van der Waals surface area contributed by atoms with Crippen molar-refractivity contribution in [3.8, 4) is 5.75 Å². The summed E-state index contributed by atoms with van der Waals surface area (Å²) in [4.78, 5) is 0. The predicted octanol–water partition coefficient (Wildman–Crippen LogP) is 1.63. The molecule has 1 aromatic rings. The minimum Gasteiger partial charge on any atom is -0.496 e. The van der Waals surface area contributed by atoms with Crippen LogP contribution in [0.5, 0.6) is 5.75 Å². The SMILES string of the molecule is COc1ccccc1[C@@H]1C[C@H](N)CC[C@H]1OS(C)(=O)=O. The predicted molar refractivity (Wildman–Crippen MR) is 77.3 cm³/mol. The zero-order valence-electron chi connectivity index (χ0n) is 11.8. The molecule has 0 saturated heterocycles. The molecule has 2 N–H and O–H groups in total. The third kappa shape index (κ3) is 3.71. The normalized spacial score (nSPS) is 27.2. The maximum absolute atomic E-state index is 11.4. The van der Waals surface area contributed by atoms with Crippen molar-refractivity contribution >= 4 is 10.1 Å². The Morgan fingerprint density at radius 1 is 1.25 bits per heavy atom. The molecule has 1 aliphatic carbocycles. The Morgan fingerprint density at radius 2 is 1.95 bits per heavy atom. The van der Waals surface area contributed by atoms with Crippen molar-refractivity contribution in [3.05, 3.63) is 29.8 Å². The summed E-state index contributed by atoms with van der Waals surface area (Å²) < 4.78 is 33.5. The van der Waals surface area contributed by atoms with Crippen LogP contribution in [0.3, 0.4) is 0 Å².